The van der Waals surface area contributed by atoms with Crippen molar-refractivity contribution in [1.29, 1.82) is 10.5 Å². The van der Waals surface area contributed by atoms with Crippen molar-refractivity contribution in [2.45, 2.75) is 38.0 Å². The maximum Gasteiger partial charge on any atom is 0.0991 e. The van der Waals surface area contributed by atoms with Crippen molar-refractivity contribution in [1.82, 2.24) is 4.57 Å². The van der Waals surface area contributed by atoms with Crippen molar-refractivity contribution >= 4 is 21.8 Å². The van der Waals surface area contributed by atoms with Gasteiger partial charge in [0.2, 0.25) is 0 Å². The number of hydrogen-bond acceptors (Lipinski definition) is 2. The Kier molecular flexibility index (Phi) is 7.44. The first kappa shape index (κ1) is 32.2. The summed E-state index contributed by atoms with van der Waals surface area (Å²) >= 11 is 0. The summed E-state index contributed by atoms with van der Waals surface area (Å²) in [6.45, 7) is 11.6. The molecule has 1 aromatic heterocycles. The number of nitrogens with zero attached hydrogens (tertiary/aromatic N) is 3. The maximum absolute atomic E-state index is 10.7. The molecule has 0 radical (unpaired) electrons. The number of aromatic nitrogens is 1. The summed E-state index contributed by atoms with van der Waals surface area (Å²) in [6.07, 6.45) is 8.51. The standard InChI is InChI=1S/C50H37N3/c1-31-14-8-9-15-32(2)48-40(25-34(30-52)26-42(48)47(31)38-23-22-33(29-51)24-39(38)35-16-6-5-7-17-35)36-27-41-37-18-10-12-20-45(37)53-46-21-13-11-19-43(46)50(3,4)44(28-36)49(41)53/h5-28,32,47H,1H2,2-4H3/b14-8-,15-9-. The molecule has 0 N–H and O–H groups in total. The molecule has 2 aliphatic rings. The van der Waals surface area contributed by atoms with Gasteiger partial charge < -0.3 is 4.57 Å². The highest BCUT2D eigenvalue weighted by Gasteiger charge is 2.36. The van der Waals surface area contributed by atoms with Crippen LogP contribution < -0.4 is 0 Å². The topological polar surface area (TPSA) is 52.5 Å². The van der Waals surface area contributed by atoms with E-state index in [0.717, 1.165) is 39.0 Å². The Morgan fingerprint density at radius 2 is 1.40 bits per heavy atom. The molecule has 2 heterocycles. The van der Waals surface area contributed by atoms with Crippen molar-refractivity contribution < 1.29 is 0 Å². The smallest absolute Gasteiger partial charge is 0.0991 e. The lowest BCUT2D eigenvalue weighted by molar-refractivity contribution is 0.630. The summed E-state index contributed by atoms with van der Waals surface area (Å²) in [5.74, 6) is -0.252. The van der Waals surface area contributed by atoms with Crippen LogP contribution in [0, 0.1) is 22.7 Å². The lowest BCUT2D eigenvalue weighted by Crippen LogP contribution is -2.26. The highest BCUT2D eigenvalue weighted by molar-refractivity contribution is 6.13. The van der Waals surface area contributed by atoms with Gasteiger partial charge in [0.25, 0.3) is 0 Å². The number of rotatable bonds is 3. The zero-order valence-corrected chi connectivity index (χ0v) is 30.1. The molecule has 2 atom stereocenters. The molecule has 2 unspecified atom stereocenters. The van der Waals surface area contributed by atoms with Crippen LogP contribution >= 0.6 is 0 Å². The van der Waals surface area contributed by atoms with Gasteiger partial charge in [-0.1, -0.05) is 124 Å². The minimum atomic E-state index is -0.272. The molecule has 1 aliphatic heterocycles. The molecule has 7 aromatic rings. The Bertz CT molecular complexity index is 2810. The van der Waals surface area contributed by atoms with Crippen molar-refractivity contribution in [3.8, 4) is 40.1 Å². The molecule has 0 saturated heterocycles. The van der Waals surface area contributed by atoms with Crippen molar-refractivity contribution in [2.24, 2.45) is 0 Å². The Labute approximate surface area is 310 Å². The maximum atomic E-state index is 10.7. The molecular weight excluding hydrogens is 643 g/mol. The predicted octanol–water partition coefficient (Wildman–Crippen LogP) is 12.4. The van der Waals surface area contributed by atoms with E-state index in [0.29, 0.717) is 11.1 Å². The van der Waals surface area contributed by atoms with Crippen LogP contribution in [0.5, 0.6) is 0 Å². The van der Waals surface area contributed by atoms with E-state index >= 15 is 0 Å². The summed E-state index contributed by atoms with van der Waals surface area (Å²) in [6, 6.07) is 47.5. The van der Waals surface area contributed by atoms with Gasteiger partial charge in [-0.25, -0.2) is 0 Å². The van der Waals surface area contributed by atoms with E-state index in [1.165, 1.54) is 44.2 Å². The Hall–Kier alpha value is -6.68. The molecule has 0 spiro atoms. The van der Waals surface area contributed by atoms with Crippen molar-refractivity contribution in [3.05, 3.63) is 197 Å². The third-order valence-electron chi connectivity index (χ3n) is 11.4. The van der Waals surface area contributed by atoms with Crippen LogP contribution in [-0.4, -0.2) is 4.57 Å². The zero-order valence-electron chi connectivity index (χ0n) is 30.1. The monoisotopic (exact) mass is 679 g/mol. The van der Waals surface area contributed by atoms with Gasteiger partial charge in [-0.3, -0.25) is 0 Å². The molecule has 9 rings (SSSR count). The van der Waals surface area contributed by atoms with Gasteiger partial charge in [-0.15, -0.1) is 0 Å². The van der Waals surface area contributed by atoms with Crippen molar-refractivity contribution in [3.63, 3.8) is 0 Å². The van der Waals surface area contributed by atoms with Gasteiger partial charge in [0.1, 0.15) is 0 Å². The molecule has 0 bridgehead atoms. The second-order valence-corrected chi connectivity index (χ2v) is 14.9. The fourth-order valence-electron chi connectivity index (χ4n) is 8.96. The molecule has 0 fully saturated rings. The van der Waals surface area contributed by atoms with Gasteiger partial charge >= 0.3 is 0 Å². The van der Waals surface area contributed by atoms with E-state index in [4.69, 9.17) is 0 Å². The van der Waals surface area contributed by atoms with E-state index in [1.807, 2.05) is 30.3 Å². The molecule has 1 aliphatic carbocycles. The fraction of sp³-hybridized carbons (Fsp3) is 0.120. The van der Waals surface area contributed by atoms with E-state index < -0.39 is 0 Å². The van der Waals surface area contributed by atoms with E-state index in [2.05, 4.69) is 159 Å². The van der Waals surface area contributed by atoms with E-state index in [1.54, 1.807) is 0 Å². The Balaban J connectivity index is 1.38. The van der Waals surface area contributed by atoms with Crippen LogP contribution in [0.25, 0.3) is 49.7 Å². The van der Waals surface area contributed by atoms with Gasteiger partial charge in [-0.05, 0) is 104 Å². The number of fused-ring (bicyclic) bond motifs is 6. The first-order chi connectivity index (χ1) is 25.8. The van der Waals surface area contributed by atoms with E-state index in [-0.39, 0.29) is 17.3 Å². The first-order valence-electron chi connectivity index (χ1n) is 18.2. The van der Waals surface area contributed by atoms with Gasteiger partial charge in [0.15, 0.2) is 0 Å². The summed E-state index contributed by atoms with van der Waals surface area (Å²) in [5.41, 5.74) is 15.5. The summed E-state index contributed by atoms with van der Waals surface area (Å²) in [5, 5.41) is 23.0. The predicted molar refractivity (Wildman–Crippen MR) is 217 cm³/mol. The largest absolute Gasteiger partial charge is 0.309 e. The molecule has 0 saturated carbocycles. The Morgan fingerprint density at radius 3 is 2.21 bits per heavy atom. The average Bonchev–Trinajstić information content (AvgIpc) is 3.55. The third kappa shape index (κ3) is 4.93. The van der Waals surface area contributed by atoms with Gasteiger partial charge in [-0.2, -0.15) is 10.5 Å². The van der Waals surface area contributed by atoms with Gasteiger partial charge in [0, 0.05) is 28.0 Å². The SMILES string of the molecule is C=C1/C=C\C=C/C(C)c2c(-c3cc4c5c(c3)c3ccccc3n5-c3ccccc3C4(C)C)cc(C#N)cc2C1c1ccc(C#N)cc1-c1ccccc1. The van der Waals surface area contributed by atoms with Crippen LogP contribution in [0.15, 0.2) is 158 Å². The number of nitriles is 2. The van der Waals surface area contributed by atoms with Crippen LogP contribution in [-0.2, 0) is 5.41 Å². The number of hydrogen-bond donors (Lipinski definition) is 0. The molecule has 252 valence electrons. The van der Waals surface area contributed by atoms with Gasteiger partial charge in [0.05, 0.1) is 40.0 Å². The molecule has 6 aromatic carbocycles. The highest BCUT2D eigenvalue weighted by atomic mass is 15.0. The molecule has 0 amide bonds. The second kappa shape index (κ2) is 12.2. The van der Waals surface area contributed by atoms with Crippen LogP contribution in [0.1, 0.15) is 71.6 Å². The minimum Gasteiger partial charge on any atom is -0.309 e. The number of allylic oxidation sites excluding steroid dienone is 5. The number of para-hydroxylation sites is 2. The van der Waals surface area contributed by atoms with Crippen LogP contribution in [0.2, 0.25) is 0 Å². The van der Waals surface area contributed by atoms with Crippen LogP contribution in [0.4, 0.5) is 0 Å². The normalized spacial score (nSPS) is 18.2. The first-order valence-corrected chi connectivity index (χ1v) is 18.2. The average molecular weight is 680 g/mol. The second-order valence-electron chi connectivity index (χ2n) is 14.9. The zero-order chi connectivity index (χ0) is 36.4. The fourth-order valence-corrected chi connectivity index (χ4v) is 8.96. The minimum absolute atomic E-state index is 0.0199. The Morgan fingerprint density at radius 1 is 0.660 bits per heavy atom. The summed E-state index contributed by atoms with van der Waals surface area (Å²) in [4.78, 5) is 0. The molecule has 53 heavy (non-hydrogen) atoms. The molecule has 3 heteroatoms. The molecule has 3 nitrogen and oxygen atoms in total. The quantitative estimate of drug-likeness (QED) is 0.187. The molecular formula is C50H37N3. The number of benzene rings is 6. The van der Waals surface area contributed by atoms with Crippen molar-refractivity contribution in [2.75, 3.05) is 0 Å². The van der Waals surface area contributed by atoms with E-state index in [9.17, 15) is 10.5 Å². The third-order valence-corrected chi connectivity index (χ3v) is 11.4. The highest BCUT2D eigenvalue weighted by Crippen LogP contribution is 2.51. The lowest BCUT2D eigenvalue weighted by Gasteiger charge is -2.35. The van der Waals surface area contributed by atoms with Crippen LogP contribution in [0.3, 0.4) is 0 Å². The lowest BCUT2D eigenvalue weighted by atomic mass is 9.72. The summed E-state index contributed by atoms with van der Waals surface area (Å²) in [7, 11) is 0. The summed E-state index contributed by atoms with van der Waals surface area (Å²) < 4.78 is 2.44.